The fourth-order valence-corrected chi connectivity index (χ4v) is 7.61. The Hall–Kier alpha value is -4.91. The van der Waals surface area contributed by atoms with E-state index in [0.717, 1.165) is 82.4 Å². The number of aliphatic hydroxyl groups excluding tert-OH is 1. The number of carbonyl (C=O) groups is 1. The summed E-state index contributed by atoms with van der Waals surface area (Å²) in [7, 11) is 0. The van der Waals surface area contributed by atoms with Gasteiger partial charge >= 0.3 is 57.4 Å². The molecular weight excluding hydrogens is 855 g/mol. The summed E-state index contributed by atoms with van der Waals surface area (Å²) in [5, 5.41) is 49.2. The minimum atomic E-state index is -1.08. The van der Waals surface area contributed by atoms with E-state index in [0.29, 0.717) is 47.8 Å². The Morgan fingerprint density at radius 3 is 1.76 bits per heavy atom. The molecule has 0 atom stereocenters. The van der Waals surface area contributed by atoms with Gasteiger partial charge in [0.2, 0.25) is 5.82 Å². The maximum Gasteiger partial charge on any atom is 1.00 e. The zero-order valence-electron chi connectivity index (χ0n) is 34.6. The Balaban J connectivity index is 0.000000204. The molecule has 312 valence electrons. The van der Waals surface area contributed by atoms with Crippen molar-refractivity contribution in [2.75, 3.05) is 0 Å². The summed E-state index contributed by atoms with van der Waals surface area (Å²) in [5.41, 5.74) is 8.56. The number of carboxylic acid groups (broad SMARTS) is 1. The quantitative estimate of drug-likeness (QED) is 0.105. The molecule has 8 aromatic rings. The Labute approximate surface area is 410 Å². The molecule has 0 aliphatic rings. The van der Waals surface area contributed by atoms with Gasteiger partial charge in [-0.25, -0.2) is 14.8 Å². The van der Waals surface area contributed by atoms with E-state index in [-0.39, 0.29) is 68.8 Å². The number of imidazole rings is 2. The number of aliphatic hydroxyl groups is 1. The number of benzene rings is 4. The van der Waals surface area contributed by atoms with Crippen LogP contribution in [0, 0.1) is 0 Å². The minimum Gasteiger partial charge on any atom is -0.476 e. The van der Waals surface area contributed by atoms with Gasteiger partial charge in [0, 0.05) is 37.3 Å². The van der Waals surface area contributed by atoms with Crippen molar-refractivity contribution in [2.24, 2.45) is 0 Å². The number of H-pyrrole nitrogens is 1. The van der Waals surface area contributed by atoms with Gasteiger partial charge in [0.25, 0.3) is 0 Å². The van der Waals surface area contributed by atoms with Crippen molar-refractivity contribution in [3.8, 4) is 45.0 Å². The van der Waals surface area contributed by atoms with Gasteiger partial charge in [-0.05, 0) is 57.0 Å². The van der Waals surface area contributed by atoms with E-state index in [1.165, 1.54) is 0 Å². The number of nitrogens with zero attached hydrogens (tertiary/aromatic N) is 11. The number of hydrogen-bond acceptors (Lipinski definition) is 10. The van der Waals surface area contributed by atoms with Crippen molar-refractivity contribution in [1.82, 2.24) is 60.4 Å². The predicted molar refractivity (Wildman–Crippen MR) is 232 cm³/mol. The Bertz CT molecular complexity index is 2670. The van der Waals surface area contributed by atoms with Crippen LogP contribution in [0.4, 0.5) is 0 Å². The third-order valence-electron chi connectivity index (χ3n) is 10.2. The number of carboxylic acids is 1. The zero-order valence-corrected chi connectivity index (χ0v) is 39.2. The first kappa shape index (κ1) is 46.6. The van der Waals surface area contributed by atoms with Gasteiger partial charge in [-0.2, -0.15) is 10.4 Å². The van der Waals surface area contributed by atoms with Crippen molar-refractivity contribution in [3.63, 3.8) is 0 Å². The van der Waals surface area contributed by atoms with E-state index in [2.05, 4.69) is 89.3 Å². The maximum absolute atomic E-state index is 11.7. The normalized spacial score (nSPS) is 10.9. The number of halogens is 2. The van der Waals surface area contributed by atoms with Crippen LogP contribution in [0.5, 0.6) is 0 Å². The van der Waals surface area contributed by atoms with E-state index in [9.17, 15) is 15.0 Å². The van der Waals surface area contributed by atoms with Crippen LogP contribution >= 0.6 is 23.2 Å². The molecule has 0 aliphatic heterocycles. The fourth-order valence-electron chi connectivity index (χ4n) is 7.07. The van der Waals surface area contributed by atoms with Crippen molar-refractivity contribution in [2.45, 2.75) is 72.1 Å². The van der Waals surface area contributed by atoms with Gasteiger partial charge in [0.1, 0.15) is 11.6 Å². The van der Waals surface area contributed by atoms with E-state index >= 15 is 0 Å². The smallest absolute Gasteiger partial charge is 0.476 e. The molecule has 0 saturated carbocycles. The monoisotopic (exact) mass is 896 g/mol. The number of aromatic carboxylic acids is 1. The number of rotatable bonds is 16. The van der Waals surface area contributed by atoms with E-state index in [1.807, 2.05) is 77.4 Å². The standard InChI is InChI=1S/C22H21ClN6O2.C22H22ClN6O.K/c1-2-3-8-18-24-20(23)19(22(30)31)29(18)13-14-9-11-15(12-10-14)16-6-4-5-7-17(16)21-25-27-28-26-21;1-2-3-8-20-24-21(23)19(14-30)29(20)13-15-9-11-16(12-10-15)17-6-4-5-7-18(17)22-25-27-28-26-22;/h4-7,9-12H,2-3,8,13H2,1H3,(H,30,31)(H,25,26,27,28);4-7,9-12,30H,2-3,8,13-14H2,1H3;/q;-1;+1. The number of aromatic amines is 1. The predicted octanol–water partition coefficient (Wildman–Crippen LogP) is 5.37. The fraction of sp³-hybridized carbons (Fsp3) is 0.250. The van der Waals surface area contributed by atoms with Crippen molar-refractivity contribution in [3.05, 3.63) is 142 Å². The molecule has 15 nitrogen and oxygen atoms in total. The second kappa shape index (κ2) is 22.4. The topological polar surface area (TPSA) is 200 Å². The van der Waals surface area contributed by atoms with Crippen molar-refractivity contribution < 1.29 is 66.4 Å². The number of nitrogens with one attached hydrogen (secondary N) is 1. The second-order valence-corrected chi connectivity index (χ2v) is 14.9. The third kappa shape index (κ3) is 11.0. The number of aromatic nitrogens is 12. The summed E-state index contributed by atoms with van der Waals surface area (Å²) in [6, 6.07) is 32.0. The first-order chi connectivity index (χ1) is 29.8. The number of tetrazole rings is 2. The van der Waals surface area contributed by atoms with Crippen molar-refractivity contribution >= 4 is 29.2 Å². The van der Waals surface area contributed by atoms with Gasteiger partial charge in [-0.3, -0.25) is 10.3 Å². The molecule has 4 aromatic heterocycles. The molecule has 0 bridgehead atoms. The van der Waals surface area contributed by atoms with Crippen LogP contribution in [-0.4, -0.2) is 71.4 Å². The van der Waals surface area contributed by atoms with Gasteiger partial charge in [0.15, 0.2) is 16.0 Å². The molecule has 4 aromatic carbocycles. The first-order valence-corrected chi connectivity index (χ1v) is 20.7. The number of unbranched alkanes of at least 4 members (excludes halogenated alkanes) is 2. The Morgan fingerprint density at radius 2 is 1.24 bits per heavy atom. The first-order valence-electron chi connectivity index (χ1n) is 19.9. The third-order valence-corrected chi connectivity index (χ3v) is 10.7. The van der Waals surface area contributed by atoms with E-state index in [4.69, 9.17) is 23.2 Å². The molecule has 18 heteroatoms. The van der Waals surface area contributed by atoms with Crippen LogP contribution in [0.15, 0.2) is 97.1 Å². The number of aryl methyl sites for hydroxylation is 2. The maximum atomic E-state index is 11.7. The van der Waals surface area contributed by atoms with E-state index in [1.54, 1.807) is 4.57 Å². The molecule has 0 spiro atoms. The molecule has 0 fully saturated rings. The van der Waals surface area contributed by atoms with Gasteiger partial charge in [-0.15, -0.1) is 10.2 Å². The summed E-state index contributed by atoms with van der Waals surface area (Å²) in [6.07, 6.45) is 5.52. The summed E-state index contributed by atoms with van der Waals surface area (Å²) in [5.74, 6) is 1.56. The Kier molecular flexibility index (Phi) is 16.9. The largest absolute Gasteiger partial charge is 1.00 e. The van der Waals surface area contributed by atoms with Crippen LogP contribution in [0.25, 0.3) is 45.0 Å². The molecule has 0 saturated heterocycles. The Morgan fingerprint density at radius 1 is 0.710 bits per heavy atom. The molecule has 0 aliphatic carbocycles. The minimum absolute atomic E-state index is 0. The molecule has 8 rings (SSSR count). The SMILES string of the molecule is CCCCc1nc(Cl)c(C(=O)O)n1Cc1ccc(-c2ccccc2-c2nn[nH]n2)cc1.CCCCc1nc(Cl)c(CO)n1Cc1ccc(-c2ccccc2-c2nnn[n-]2)cc1.[K+]. The molecule has 0 unspecified atom stereocenters. The average molecular weight is 898 g/mol. The molecule has 4 heterocycles. The molecule has 0 amide bonds. The molecular formula is C44H43Cl2KN12O3. The van der Waals surface area contributed by atoms with Crippen LogP contribution in [-0.2, 0) is 32.5 Å². The molecule has 3 N–H and O–H groups in total. The number of hydrogen-bond donors (Lipinski definition) is 3. The molecule has 0 radical (unpaired) electrons. The summed E-state index contributed by atoms with van der Waals surface area (Å²) >= 11 is 12.4. The van der Waals surface area contributed by atoms with Crippen LogP contribution in [0.2, 0.25) is 10.3 Å². The van der Waals surface area contributed by atoms with Crippen molar-refractivity contribution in [1.29, 1.82) is 0 Å². The molecule has 62 heavy (non-hydrogen) atoms. The van der Waals surface area contributed by atoms with Crippen LogP contribution < -0.4 is 56.5 Å². The van der Waals surface area contributed by atoms with Crippen LogP contribution in [0.1, 0.15) is 78.5 Å². The van der Waals surface area contributed by atoms with Gasteiger partial charge in [0.05, 0.1) is 12.3 Å². The summed E-state index contributed by atoms with van der Waals surface area (Å²) < 4.78 is 3.72. The van der Waals surface area contributed by atoms with Gasteiger partial charge < -0.3 is 24.4 Å². The second-order valence-electron chi connectivity index (χ2n) is 14.2. The van der Waals surface area contributed by atoms with E-state index < -0.39 is 5.97 Å². The summed E-state index contributed by atoms with van der Waals surface area (Å²) in [6.45, 7) is 5.08. The summed E-state index contributed by atoms with van der Waals surface area (Å²) in [4.78, 5) is 20.5. The van der Waals surface area contributed by atoms with Gasteiger partial charge in [-0.1, -0.05) is 147 Å². The van der Waals surface area contributed by atoms with Crippen LogP contribution in [0.3, 0.4) is 0 Å². The average Bonchev–Trinajstić information content (AvgIpc) is 4.12. The zero-order chi connectivity index (χ0) is 42.7.